The lowest BCUT2D eigenvalue weighted by molar-refractivity contribution is -0.136. The predicted octanol–water partition coefficient (Wildman–Crippen LogP) is 1.82. The van der Waals surface area contributed by atoms with E-state index in [0.29, 0.717) is 18.1 Å². The van der Waals surface area contributed by atoms with Crippen molar-refractivity contribution >= 4 is 29.3 Å². The first-order chi connectivity index (χ1) is 4.72. The standard InChI is InChI=1S/C6H11ClO2S/c1-2-5(6(8)9)10-4-3-7/h5H,2-4H2,1H3,(H,8,9). The van der Waals surface area contributed by atoms with Crippen LogP contribution in [-0.2, 0) is 4.79 Å². The maximum atomic E-state index is 10.4. The van der Waals surface area contributed by atoms with Gasteiger partial charge in [-0.05, 0) is 6.42 Å². The first kappa shape index (κ1) is 10.1. The molecular weight excluding hydrogens is 172 g/mol. The first-order valence-electron chi connectivity index (χ1n) is 3.12. The second-order valence-electron chi connectivity index (χ2n) is 1.79. The smallest absolute Gasteiger partial charge is 0.316 e. The maximum Gasteiger partial charge on any atom is 0.316 e. The molecule has 1 atom stereocenters. The highest BCUT2D eigenvalue weighted by Gasteiger charge is 2.13. The van der Waals surface area contributed by atoms with E-state index in [9.17, 15) is 4.79 Å². The van der Waals surface area contributed by atoms with Gasteiger partial charge in [0, 0.05) is 11.6 Å². The molecule has 0 aromatic heterocycles. The molecule has 0 amide bonds. The van der Waals surface area contributed by atoms with Crippen LogP contribution in [0, 0.1) is 0 Å². The topological polar surface area (TPSA) is 37.3 Å². The SMILES string of the molecule is CCC(SCCCl)C(=O)O. The molecule has 0 rings (SSSR count). The molecule has 1 N–H and O–H groups in total. The molecule has 0 radical (unpaired) electrons. The summed E-state index contributed by atoms with van der Waals surface area (Å²) in [6.45, 7) is 1.86. The van der Waals surface area contributed by atoms with Gasteiger partial charge in [0.25, 0.3) is 0 Å². The van der Waals surface area contributed by atoms with E-state index in [1.807, 2.05) is 6.92 Å². The van der Waals surface area contributed by atoms with E-state index in [1.165, 1.54) is 11.8 Å². The Morgan fingerprint density at radius 3 is 2.70 bits per heavy atom. The van der Waals surface area contributed by atoms with Crippen molar-refractivity contribution in [2.75, 3.05) is 11.6 Å². The zero-order valence-corrected chi connectivity index (χ0v) is 7.41. The monoisotopic (exact) mass is 182 g/mol. The van der Waals surface area contributed by atoms with Crippen LogP contribution in [-0.4, -0.2) is 28.0 Å². The molecule has 0 saturated heterocycles. The quantitative estimate of drug-likeness (QED) is 0.660. The fourth-order valence-corrected chi connectivity index (χ4v) is 1.57. The molecule has 4 heteroatoms. The Labute approximate surface area is 69.9 Å². The Balaban J connectivity index is 3.50. The molecule has 10 heavy (non-hydrogen) atoms. The number of halogens is 1. The Morgan fingerprint density at radius 1 is 1.80 bits per heavy atom. The molecule has 0 heterocycles. The van der Waals surface area contributed by atoms with Gasteiger partial charge >= 0.3 is 5.97 Å². The van der Waals surface area contributed by atoms with Crippen molar-refractivity contribution in [2.45, 2.75) is 18.6 Å². The van der Waals surface area contributed by atoms with Crippen LogP contribution in [0.3, 0.4) is 0 Å². The third-order valence-electron chi connectivity index (χ3n) is 1.04. The highest BCUT2D eigenvalue weighted by Crippen LogP contribution is 2.14. The Hall–Kier alpha value is 0.110. The van der Waals surface area contributed by atoms with Gasteiger partial charge in [-0.3, -0.25) is 4.79 Å². The predicted molar refractivity (Wildman–Crippen MR) is 44.9 cm³/mol. The van der Waals surface area contributed by atoms with Crippen molar-refractivity contribution in [3.8, 4) is 0 Å². The zero-order valence-electron chi connectivity index (χ0n) is 5.84. The highest BCUT2D eigenvalue weighted by molar-refractivity contribution is 8.00. The van der Waals surface area contributed by atoms with Crippen LogP contribution in [0.5, 0.6) is 0 Å². The van der Waals surface area contributed by atoms with Gasteiger partial charge in [-0.15, -0.1) is 23.4 Å². The lowest BCUT2D eigenvalue weighted by Gasteiger charge is -2.06. The molecule has 0 fully saturated rings. The van der Waals surface area contributed by atoms with Crippen LogP contribution < -0.4 is 0 Å². The van der Waals surface area contributed by atoms with Crippen molar-refractivity contribution in [1.29, 1.82) is 0 Å². The minimum Gasteiger partial charge on any atom is -0.480 e. The van der Waals surface area contributed by atoms with Gasteiger partial charge in [-0.25, -0.2) is 0 Å². The molecule has 0 aliphatic heterocycles. The van der Waals surface area contributed by atoms with Crippen molar-refractivity contribution < 1.29 is 9.90 Å². The zero-order chi connectivity index (χ0) is 7.98. The number of aliphatic carboxylic acids is 1. The normalized spacial score (nSPS) is 13.0. The van der Waals surface area contributed by atoms with Gasteiger partial charge in [0.15, 0.2) is 0 Å². The summed E-state index contributed by atoms with van der Waals surface area (Å²) >= 11 is 6.79. The highest BCUT2D eigenvalue weighted by atomic mass is 35.5. The van der Waals surface area contributed by atoms with Gasteiger partial charge in [0.1, 0.15) is 5.25 Å². The van der Waals surface area contributed by atoms with Crippen LogP contribution in [0.1, 0.15) is 13.3 Å². The lowest BCUT2D eigenvalue weighted by atomic mass is 10.3. The molecule has 0 saturated carbocycles. The van der Waals surface area contributed by atoms with Crippen LogP contribution >= 0.6 is 23.4 Å². The summed E-state index contributed by atoms with van der Waals surface area (Å²) in [5, 5.41) is 8.26. The van der Waals surface area contributed by atoms with Crippen LogP contribution in [0.2, 0.25) is 0 Å². The molecule has 60 valence electrons. The summed E-state index contributed by atoms with van der Waals surface area (Å²) in [4.78, 5) is 10.4. The molecular formula is C6H11ClO2S. The minimum atomic E-state index is -0.738. The summed E-state index contributed by atoms with van der Waals surface area (Å²) in [6, 6.07) is 0. The van der Waals surface area contributed by atoms with Crippen LogP contribution in [0.15, 0.2) is 0 Å². The van der Waals surface area contributed by atoms with Crippen molar-refractivity contribution in [1.82, 2.24) is 0 Å². The number of hydrogen-bond donors (Lipinski definition) is 1. The van der Waals surface area contributed by atoms with E-state index in [1.54, 1.807) is 0 Å². The summed E-state index contributed by atoms with van der Waals surface area (Å²) in [7, 11) is 0. The maximum absolute atomic E-state index is 10.4. The van der Waals surface area contributed by atoms with Gasteiger partial charge < -0.3 is 5.11 Å². The molecule has 0 aliphatic carbocycles. The largest absolute Gasteiger partial charge is 0.480 e. The van der Waals surface area contributed by atoms with Gasteiger partial charge in [0.05, 0.1) is 0 Å². The molecule has 0 spiro atoms. The molecule has 2 nitrogen and oxygen atoms in total. The number of carbonyl (C=O) groups is 1. The molecule has 0 aromatic rings. The fraction of sp³-hybridized carbons (Fsp3) is 0.833. The van der Waals surface area contributed by atoms with E-state index in [2.05, 4.69) is 0 Å². The first-order valence-corrected chi connectivity index (χ1v) is 4.71. The molecule has 0 bridgehead atoms. The third-order valence-corrected chi connectivity index (χ3v) is 2.83. The molecule has 0 aromatic carbocycles. The molecule has 1 unspecified atom stereocenters. The summed E-state index contributed by atoms with van der Waals surface area (Å²) < 4.78 is 0. The van der Waals surface area contributed by atoms with E-state index in [0.717, 1.165) is 0 Å². The Kier molecular flexibility index (Phi) is 5.93. The van der Waals surface area contributed by atoms with E-state index in [4.69, 9.17) is 16.7 Å². The average molecular weight is 183 g/mol. The lowest BCUT2D eigenvalue weighted by Crippen LogP contribution is -2.15. The van der Waals surface area contributed by atoms with Crippen LogP contribution in [0.25, 0.3) is 0 Å². The second kappa shape index (κ2) is 5.86. The van der Waals surface area contributed by atoms with E-state index < -0.39 is 5.97 Å². The number of carboxylic acid groups (broad SMARTS) is 1. The fourth-order valence-electron chi connectivity index (χ4n) is 0.551. The van der Waals surface area contributed by atoms with Crippen molar-refractivity contribution in [2.24, 2.45) is 0 Å². The van der Waals surface area contributed by atoms with Gasteiger partial charge in [0.2, 0.25) is 0 Å². The Morgan fingerprint density at radius 2 is 2.40 bits per heavy atom. The number of carboxylic acids is 1. The Bertz CT molecular complexity index is 108. The summed E-state index contributed by atoms with van der Waals surface area (Å²) in [6.07, 6.45) is 0.664. The van der Waals surface area contributed by atoms with Gasteiger partial charge in [-0.1, -0.05) is 6.92 Å². The summed E-state index contributed by atoms with van der Waals surface area (Å²) in [5.41, 5.74) is 0. The third kappa shape index (κ3) is 4.01. The number of alkyl halides is 1. The minimum absolute atomic E-state index is 0.279. The van der Waals surface area contributed by atoms with Crippen molar-refractivity contribution in [3.05, 3.63) is 0 Å². The number of rotatable bonds is 5. The summed E-state index contributed by atoms with van der Waals surface area (Å²) in [5.74, 6) is 0.499. The van der Waals surface area contributed by atoms with E-state index in [-0.39, 0.29) is 5.25 Å². The van der Waals surface area contributed by atoms with Crippen LogP contribution in [0.4, 0.5) is 0 Å². The number of thioether (sulfide) groups is 1. The average Bonchev–Trinajstić information content (AvgIpc) is 1.89. The van der Waals surface area contributed by atoms with E-state index >= 15 is 0 Å². The van der Waals surface area contributed by atoms with Crippen molar-refractivity contribution in [3.63, 3.8) is 0 Å². The number of hydrogen-bond acceptors (Lipinski definition) is 2. The van der Waals surface area contributed by atoms with Gasteiger partial charge in [-0.2, -0.15) is 0 Å². The second-order valence-corrected chi connectivity index (χ2v) is 3.48. The molecule has 0 aliphatic rings.